The van der Waals surface area contributed by atoms with Gasteiger partial charge in [-0.3, -0.25) is 4.79 Å². The van der Waals surface area contributed by atoms with Gasteiger partial charge in [0.15, 0.2) is 0 Å². The van der Waals surface area contributed by atoms with Gasteiger partial charge in [0.1, 0.15) is 0 Å². The van der Waals surface area contributed by atoms with E-state index in [9.17, 15) is 26.7 Å². The van der Waals surface area contributed by atoms with Gasteiger partial charge in [-0.2, -0.15) is 22.0 Å². The van der Waals surface area contributed by atoms with Crippen molar-refractivity contribution in [2.45, 2.75) is 43.8 Å². The van der Waals surface area contributed by atoms with Crippen molar-refractivity contribution >= 4 is 5.91 Å². The van der Waals surface area contributed by atoms with Crippen LogP contribution in [-0.4, -0.2) is 23.5 Å². The zero-order valence-corrected chi connectivity index (χ0v) is 8.42. The van der Waals surface area contributed by atoms with E-state index in [0.717, 1.165) is 0 Å². The van der Waals surface area contributed by atoms with Crippen LogP contribution in [0.2, 0.25) is 0 Å². The lowest BCUT2D eigenvalue weighted by Gasteiger charge is -2.72. The summed E-state index contributed by atoms with van der Waals surface area (Å²) in [6, 6.07) is 0. The monoisotopic (exact) mass is 243 g/mol. The minimum absolute atomic E-state index is 0.286. The number of carbonyl (C=O) groups is 1. The van der Waals surface area contributed by atoms with E-state index in [2.05, 4.69) is 5.32 Å². The van der Waals surface area contributed by atoms with E-state index in [1.165, 1.54) is 6.92 Å². The number of nitrogens with one attached hydrogen (secondary N) is 1. The minimum Gasteiger partial charge on any atom is -0.351 e. The molecule has 0 spiro atoms. The SMILES string of the molecule is CC(=O)NC12CC(C(F)(F)C(F)(F)F)(C1)C2. The van der Waals surface area contributed by atoms with Crippen LogP contribution in [0, 0.1) is 5.41 Å². The fourth-order valence-corrected chi connectivity index (χ4v) is 2.93. The summed E-state index contributed by atoms with van der Waals surface area (Å²) in [4.78, 5) is 10.7. The van der Waals surface area contributed by atoms with Crippen LogP contribution in [0.5, 0.6) is 0 Å². The lowest BCUT2D eigenvalue weighted by atomic mass is 9.37. The highest BCUT2D eigenvalue weighted by Crippen LogP contribution is 2.75. The molecule has 1 amide bonds. The van der Waals surface area contributed by atoms with Crippen LogP contribution in [0.15, 0.2) is 0 Å². The van der Waals surface area contributed by atoms with Crippen molar-refractivity contribution in [3.05, 3.63) is 0 Å². The van der Waals surface area contributed by atoms with E-state index in [1.807, 2.05) is 0 Å². The molecule has 1 N–H and O–H groups in total. The van der Waals surface area contributed by atoms with Crippen LogP contribution in [-0.2, 0) is 4.79 Å². The summed E-state index contributed by atoms with van der Waals surface area (Å²) in [6.07, 6.45) is -6.36. The summed E-state index contributed by atoms with van der Waals surface area (Å²) >= 11 is 0. The Morgan fingerprint density at radius 3 is 1.88 bits per heavy atom. The van der Waals surface area contributed by atoms with Crippen LogP contribution < -0.4 is 5.32 Å². The molecule has 0 heterocycles. The van der Waals surface area contributed by atoms with Gasteiger partial charge in [0, 0.05) is 12.5 Å². The van der Waals surface area contributed by atoms with Gasteiger partial charge < -0.3 is 5.32 Å². The second-order valence-corrected chi connectivity index (χ2v) is 4.84. The van der Waals surface area contributed by atoms with Crippen LogP contribution in [0.3, 0.4) is 0 Å². The number of amides is 1. The smallest absolute Gasteiger partial charge is 0.351 e. The van der Waals surface area contributed by atoms with Gasteiger partial charge in [0.05, 0.1) is 5.41 Å². The quantitative estimate of drug-likeness (QED) is 0.740. The maximum absolute atomic E-state index is 13.1. The third-order valence-corrected chi connectivity index (χ3v) is 3.49. The number of hydrogen-bond acceptors (Lipinski definition) is 1. The van der Waals surface area contributed by atoms with E-state index >= 15 is 0 Å². The first kappa shape index (κ1) is 11.6. The summed E-state index contributed by atoms with van der Waals surface area (Å²) in [5.41, 5.74) is -2.78. The Balaban J connectivity index is 2.06. The Kier molecular flexibility index (Phi) is 1.94. The molecule has 0 aromatic carbocycles. The van der Waals surface area contributed by atoms with E-state index in [0.29, 0.717) is 0 Å². The van der Waals surface area contributed by atoms with Crippen molar-refractivity contribution in [3.8, 4) is 0 Å². The molecule has 0 radical (unpaired) electrons. The lowest BCUT2D eigenvalue weighted by Crippen LogP contribution is -2.81. The van der Waals surface area contributed by atoms with Crippen LogP contribution in [0.1, 0.15) is 26.2 Å². The molecule has 0 atom stereocenters. The van der Waals surface area contributed by atoms with Gasteiger partial charge in [-0.05, 0) is 19.3 Å². The lowest BCUT2D eigenvalue weighted by molar-refractivity contribution is -0.387. The van der Waals surface area contributed by atoms with Gasteiger partial charge in [-0.25, -0.2) is 0 Å². The van der Waals surface area contributed by atoms with E-state index in [-0.39, 0.29) is 19.3 Å². The molecule has 3 rings (SSSR count). The second kappa shape index (κ2) is 2.68. The maximum Gasteiger partial charge on any atom is 0.453 e. The zero-order chi connectivity index (χ0) is 12.4. The van der Waals surface area contributed by atoms with Gasteiger partial charge >= 0.3 is 12.1 Å². The molecule has 2 bridgehead atoms. The van der Waals surface area contributed by atoms with E-state index in [1.54, 1.807) is 0 Å². The molecule has 16 heavy (non-hydrogen) atoms. The maximum atomic E-state index is 13.1. The summed E-state index contributed by atoms with van der Waals surface area (Å²) in [7, 11) is 0. The standard InChI is InChI=1S/C9H10F5NO/c1-5(16)15-7-2-6(3-7,4-7)8(10,11)9(12,13)14/h2-4H2,1H3,(H,15,16). The number of carbonyl (C=O) groups excluding carboxylic acids is 1. The molecule has 3 saturated carbocycles. The molecule has 7 heteroatoms. The molecule has 0 aromatic rings. The number of hydrogen-bond donors (Lipinski definition) is 1. The highest BCUT2D eigenvalue weighted by Gasteiger charge is 2.84. The highest BCUT2D eigenvalue weighted by atomic mass is 19.4. The van der Waals surface area contributed by atoms with Gasteiger partial charge in [0.25, 0.3) is 0 Å². The second-order valence-electron chi connectivity index (χ2n) is 4.84. The summed E-state index contributed by atoms with van der Waals surface area (Å²) in [5, 5.41) is 2.43. The van der Waals surface area contributed by atoms with Crippen LogP contribution in [0.25, 0.3) is 0 Å². The number of halogens is 5. The van der Waals surface area contributed by atoms with Crippen molar-refractivity contribution in [3.63, 3.8) is 0 Å². The summed E-state index contributed by atoms with van der Waals surface area (Å²) in [6.45, 7) is 1.22. The fourth-order valence-electron chi connectivity index (χ4n) is 2.93. The van der Waals surface area contributed by atoms with Crippen molar-refractivity contribution in [1.29, 1.82) is 0 Å². The molecule has 2 nitrogen and oxygen atoms in total. The van der Waals surface area contributed by atoms with Gasteiger partial charge in [-0.15, -0.1) is 0 Å². The molecular weight excluding hydrogens is 233 g/mol. The Labute approximate surface area is 88.2 Å². The molecular formula is C9H10F5NO. The molecule has 3 aliphatic carbocycles. The molecule has 0 saturated heterocycles. The Bertz CT molecular complexity index is 329. The predicted molar refractivity (Wildman–Crippen MR) is 43.8 cm³/mol. The normalized spacial score (nSPS) is 37.4. The van der Waals surface area contributed by atoms with Crippen molar-refractivity contribution < 1.29 is 26.7 Å². The topological polar surface area (TPSA) is 29.1 Å². The Morgan fingerprint density at radius 2 is 1.56 bits per heavy atom. The van der Waals surface area contributed by atoms with Crippen molar-refractivity contribution in [2.75, 3.05) is 0 Å². The molecule has 0 unspecified atom stereocenters. The number of rotatable bonds is 2. The third kappa shape index (κ3) is 1.20. The van der Waals surface area contributed by atoms with E-state index < -0.39 is 29.0 Å². The summed E-state index contributed by atoms with van der Waals surface area (Å²) in [5.74, 6) is -5.05. The zero-order valence-electron chi connectivity index (χ0n) is 8.42. The van der Waals surface area contributed by atoms with E-state index in [4.69, 9.17) is 0 Å². The molecule has 3 fully saturated rings. The highest BCUT2D eigenvalue weighted by molar-refractivity contribution is 5.74. The van der Waals surface area contributed by atoms with Crippen LogP contribution in [0.4, 0.5) is 22.0 Å². The minimum atomic E-state index is -5.50. The summed E-state index contributed by atoms with van der Waals surface area (Å²) < 4.78 is 62.5. The first-order valence-corrected chi connectivity index (χ1v) is 4.77. The van der Waals surface area contributed by atoms with Gasteiger partial charge in [0.2, 0.25) is 5.91 Å². The van der Waals surface area contributed by atoms with Crippen molar-refractivity contribution in [1.82, 2.24) is 5.32 Å². The largest absolute Gasteiger partial charge is 0.453 e. The molecule has 92 valence electrons. The first-order valence-electron chi connectivity index (χ1n) is 4.77. The molecule has 0 aliphatic heterocycles. The fraction of sp³-hybridized carbons (Fsp3) is 0.889. The average Bonchev–Trinajstić information content (AvgIpc) is 1.90. The van der Waals surface area contributed by atoms with Gasteiger partial charge in [-0.1, -0.05) is 0 Å². The Morgan fingerprint density at radius 1 is 1.12 bits per heavy atom. The number of alkyl halides is 5. The predicted octanol–water partition coefficient (Wildman–Crippen LogP) is 2.24. The molecule has 0 aromatic heterocycles. The first-order chi connectivity index (χ1) is 7.04. The molecule has 3 aliphatic rings. The van der Waals surface area contributed by atoms with Crippen molar-refractivity contribution in [2.24, 2.45) is 5.41 Å². The Hall–Kier alpha value is -0.880. The third-order valence-electron chi connectivity index (χ3n) is 3.49. The average molecular weight is 243 g/mol. The van der Waals surface area contributed by atoms with Crippen LogP contribution >= 0.6 is 0 Å².